The fourth-order valence-corrected chi connectivity index (χ4v) is 5.85. The van der Waals surface area contributed by atoms with Gasteiger partial charge in [-0.2, -0.15) is 0 Å². The van der Waals surface area contributed by atoms with Gasteiger partial charge in [-0.3, -0.25) is 0 Å². The van der Waals surface area contributed by atoms with E-state index in [0.29, 0.717) is 10.8 Å². The number of nitrogens with one attached hydrogen (secondary N) is 1. The van der Waals surface area contributed by atoms with Crippen LogP contribution in [0.5, 0.6) is 0 Å². The molecule has 2 aliphatic rings. The normalized spacial score (nSPS) is 23.4. The smallest absolute Gasteiger partial charge is 0.242 e. The SMILES string of the molecule is Cc1cc(C)c(C2Nc3ccc(S(=O)(=O)N(C)C)cc3C3C=CCC32)c(C)c1. The van der Waals surface area contributed by atoms with Crippen molar-refractivity contribution in [3.8, 4) is 0 Å². The minimum atomic E-state index is -3.44. The van der Waals surface area contributed by atoms with E-state index >= 15 is 0 Å². The molecule has 0 saturated carbocycles. The predicted molar refractivity (Wildman–Crippen MR) is 114 cm³/mol. The summed E-state index contributed by atoms with van der Waals surface area (Å²) in [7, 11) is -0.294. The number of hydrogen-bond acceptors (Lipinski definition) is 3. The zero-order valence-electron chi connectivity index (χ0n) is 17.2. The molecule has 3 atom stereocenters. The van der Waals surface area contributed by atoms with Crippen molar-refractivity contribution in [2.75, 3.05) is 19.4 Å². The molecule has 5 heteroatoms. The minimum absolute atomic E-state index is 0.226. The minimum Gasteiger partial charge on any atom is -0.378 e. The molecule has 2 aromatic rings. The molecule has 0 aromatic heterocycles. The van der Waals surface area contributed by atoms with Crippen LogP contribution in [0.25, 0.3) is 0 Å². The average molecular weight is 397 g/mol. The Hall–Kier alpha value is -2.11. The lowest BCUT2D eigenvalue weighted by Gasteiger charge is -2.39. The quantitative estimate of drug-likeness (QED) is 0.766. The van der Waals surface area contributed by atoms with E-state index in [4.69, 9.17) is 0 Å². The van der Waals surface area contributed by atoms with E-state index in [-0.39, 0.29) is 12.0 Å². The molecule has 0 bridgehead atoms. The van der Waals surface area contributed by atoms with Crippen LogP contribution < -0.4 is 5.32 Å². The molecule has 3 unspecified atom stereocenters. The maximum atomic E-state index is 12.6. The third-order valence-electron chi connectivity index (χ3n) is 6.16. The second-order valence-corrected chi connectivity index (χ2v) is 10.5. The molecule has 148 valence electrons. The van der Waals surface area contributed by atoms with Gasteiger partial charge < -0.3 is 5.32 Å². The number of benzene rings is 2. The molecule has 1 aliphatic heterocycles. The Kier molecular flexibility index (Phi) is 4.63. The summed E-state index contributed by atoms with van der Waals surface area (Å²) in [5, 5.41) is 3.75. The summed E-state index contributed by atoms with van der Waals surface area (Å²) in [6.45, 7) is 6.52. The van der Waals surface area contributed by atoms with Gasteiger partial charge in [0.05, 0.1) is 10.9 Å². The van der Waals surface area contributed by atoms with Crippen LogP contribution in [-0.2, 0) is 10.0 Å². The van der Waals surface area contributed by atoms with Crippen LogP contribution in [0.4, 0.5) is 5.69 Å². The van der Waals surface area contributed by atoms with Gasteiger partial charge in [0, 0.05) is 25.7 Å². The Morgan fingerprint density at radius 3 is 2.36 bits per heavy atom. The number of rotatable bonds is 3. The van der Waals surface area contributed by atoms with Crippen LogP contribution in [0.2, 0.25) is 0 Å². The first-order chi connectivity index (χ1) is 13.2. The van der Waals surface area contributed by atoms with Crippen molar-refractivity contribution in [1.82, 2.24) is 4.31 Å². The summed E-state index contributed by atoms with van der Waals surface area (Å²) in [5.41, 5.74) is 7.41. The van der Waals surface area contributed by atoms with Crippen molar-refractivity contribution in [1.29, 1.82) is 0 Å². The molecule has 0 radical (unpaired) electrons. The standard InChI is InChI=1S/C23H28N2O2S/c1-14-11-15(2)22(16(3)12-14)23-19-8-6-7-18(19)20-13-17(9-10-21(20)24-23)28(26,27)25(4)5/h6-7,9-13,18-19,23-24H,8H2,1-5H3. The van der Waals surface area contributed by atoms with Gasteiger partial charge in [-0.05, 0) is 73.6 Å². The van der Waals surface area contributed by atoms with E-state index in [1.165, 1.54) is 26.6 Å². The molecule has 4 nitrogen and oxygen atoms in total. The number of aryl methyl sites for hydroxylation is 3. The van der Waals surface area contributed by atoms with Crippen molar-refractivity contribution < 1.29 is 8.42 Å². The number of fused-ring (bicyclic) bond motifs is 3. The summed E-state index contributed by atoms with van der Waals surface area (Å²) in [5.74, 6) is 0.628. The lowest BCUT2D eigenvalue weighted by atomic mass is 9.75. The number of nitrogens with zero attached hydrogens (tertiary/aromatic N) is 1. The first-order valence-electron chi connectivity index (χ1n) is 9.77. The summed E-state index contributed by atoms with van der Waals surface area (Å²) < 4.78 is 26.5. The van der Waals surface area contributed by atoms with Gasteiger partial charge in [0.1, 0.15) is 0 Å². The highest BCUT2D eigenvalue weighted by Gasteiger charge is 2.39. The Balaban J connectivity index is 1.82. The third kappa shape index (κ3) is 2.97. The number of sulfonamides is 1. The highest BCUT2D eigenvalue weighted by Crippen LogP contribution is 2.51. The molecule has 0 fully saturated rings. The van der Waals surface area contributed by atoms with Crippen molar-refractivity contribution in [2.45, 2.75) is 44.0 Å². The fourth-order valence-electron chi connectivity index (χ4n) is 4.91. The lowest BCUT2D eigenvalue weighted by molar-refractivity contribution is 0.422. The van der Waals surface area contributed by atoms with E-state index < -0.39 is 10.0 Å². The Bertz CT molecular complexity index is 1050. The molecule has 0 amide bonds. The molecular weight excluding hydrogens is 368 g/mol. The summed E-state index contributed by atoms with van der Waals surface area (Å²) >= 11 is 0. The van der Waals surface area contributed by atoms with E-state index in [1.807, 2.05) is 12.1 Å². The Morgan fingerprint density at radius 2 is 1.71 bits per heavy atom. The zero-order valence-corrected chi connectivity index (χ0v) is 18.0. The molecule has 0 spiro atoms. The van der Waals surface area contributed by atoms with Crippen LogP contribution >= 0.6 is 0 Å². The zero-order chi connectivity index (χ0) is 20.2. The van der Waals surface area contributed by atoms with E-state index in [9.17, 15) is 8.42 Å². The molecule has 28 heavy (non-hydrogen) atoms. The fraction of sp³-hybridized carbons (Fsp3) is 0.391. The molecule has 1 heterocycles. The van der Waals surface area contributed by atoms with Crippen molar-refractivity contribution >= 4 is 15.7 Å². The van der Waals surface area contributed by atoms with Crippen molar-refractivity contribution in [2.24, 2.45) is 5.92 Å². The topological polar surface area (TPSA) is 49.4 Å². The van der Waals surface area contributed by atoms with Crippen LogP contribution in [0.1, 0.15) is 46.2 Å². The van der Waals surface area contributed by atoms with Crippen LogP contribution in [0.15, 0.2) is 47.4 Å². The molecule has 1 aliphatic carbocycles. The maximum absolute atomic E-state index is 12.6. The largest absolute Gasteiger partial charge is 0.378 e. The van der Waals surface area contributed by atoms with E-state index in [0.717, 1.165) is 17.7 Å². The van der Waals surface area contributed by atoms with E-state index in [1.54, 1.807) is 20.2 Å². The maximum Gasteiger partial charge on any atom is 0.242 e. The number of anilines is 1. The third-order valence-corrected chi connectivity index (χ3v) is 7.97. The molecule has 1 N–H and O–H groups in total. The Morgan fingerprint density at radius 1 is 1.04 bits per heavy atom. The van der Waals surface area contributed by atoms with E-state index in [2.05, 4.69) is 50.4 Å². The predicted octanol–water partition coefficient (Wildman–Crippen LogP) is 4.69. The lowest BCUT2D eigenvalue weighted by Crippen LogP contribution is -2.30. The van der Waals surface area contributed by atoms with Gasteiger partial charge in [-0.25, -0.2) is 12.7 Å². The average Bonchev–Trinajstić information content (AvgIpc) is 3.10. The van der Waals surface area contributed by atoms with Crippen molar-refractivity contribution in [3.63, 3.8) is 0 Å². The highest BCUT2D eigenvalue weighted by atomic mass is 32.2. The first kappa shape index (κ1) is 19.2. The number of allylic oxidation sites excluding steroid dienone is 2. The second-order valence-electron chi connectivity index (χ2n) is 8.32. The van der Waals surface area contributed by atoms with Gasteiger partial charge in [0.25, 0.3) is 0 Å². The van der Waals surface area contributed by atoms with Gasteiger partial charge in [0.2, 0.25) is 10.0 Å². The van der Waals surface area contributed by atoms with Crippen LogP contribution in [0.3, 0.4) is 0 Å². The monoisotopic (exact) mass is 396 g/mol. The molecular formula is C23H28N2O2S. The van der Waals surface area contributed by atoms with Gasteiger partial charge in [0.15, 0.2) is 0 Å². The Labute approximate surface area is 168 Å². The van der Waals surface area contributed by atoms with Crippen LogP contribution in [0, 0.1) is 26.7 Å². The summed E-state index contributed by atoms with van der Waals surface area (Å²) in [6, 6.07) is 10.2. The van der Waals surface area contributed by atoms with Crippen molar-refractivity contribution in [3.05, 3.63) is 70.3 Å². The molecule has 0 saturated heterocycles. The summed E-state index contributed by atoms with van der Waals surface area (Å²) in [4.78, 5) is 0.359. The van der Waals surface area contributed by atoms with Gasteiger partial charge in [-0.15, -0.1) is 0 Å². The second kappa shape index (κ2) is 6.75. The first-order valence-corrected chi connectivity index (χ1v) is 11.2. The summed E-state index contributed by atoms with van der Waals surface area (Å²) in [6.07, 6.45) is 5.49. The van der Waals surface area contributed by atoms with Gasteiger partial charge in [-0.1, -0.05) is 29.8 Å². The van der Waals surface area contributed by atoms with Gasteiger partial charge >= 0.3 is 0 Å². The molecule has 4 rings (SSSR count). The van der Waals surface area contributed by atoms with Crippen LogP contribution in [-0.4, -0.2) is 26.8 Å². The number of hydrogen-bond donors (Lipinski definition) is 1. The highest BCUT2D eigenvalue weighted by molar-refractivity contribution is 7.89. The molecule has 2 aromatic carbocycles.